The molecule has 2 atom stereocenters. The summed E-state index contributed by atoms with van der Waals surface area (Å²) in [7, 11) is 0. The Morgan fingerprint density at radius 1 is 1.69 bits per heavy atom. The first-order valence-corrected chi connectivity index (χ1v) is 4.89. The molecule has 1 aliphatic heterocycles. The van der Waals surface area contributed by atoms with Crippen LogP contribution in [-0.2, 0) is 4.79 Å². The van der Waals surface area contributed by atoms with E-state index in [4.69, 9.17) is 5.11 Å². The SMILES string of the molecule is O=C(O)CC1=CC=CC2C=NSC12. The zero-order valence-electron chi connectivity index (χ0n) is 6.88. The van der Waals surface area contributed by atoms with Crippen LogP contribution < -0.4 is 0 Å². The van der Waals surface area contributed by atoms with Gasteiger partial charge in [-0.3, -0.25) is 4.79 Å². The molecule has 0 bridgehead atoms. The molecule has 4 heteroatoms. The number of nitrogens with zero attached hydrogens (tertiary/aromatic N) is 1. The fourth-order valence-electron chi connectivity index (χ4n) is 1.52. The maximum Gasteiger partial charge on any atom is 0.307 e. The molecule has 0 aromatic rings. The first-order valence-electron chi connectivity index (χ1n) is 4.06. The third-order valence-corrected chi connectivity index (χ3v) is 3.21. The molecule has 3 nitrogen and oxygen atoms in total. The molecule has 2 aliphatic rings. The zero-order chi connectivity index (χ0) is 9.26. The highest BCUT2D eigenvalue weighted by atomic mass is 32.2. The molecule has 0 saturated carbocycles. The number of carboxylic acid groups (broad SMARTS) is 1. The molecule has 0 spiro atoms. The van der Waals surface area contributed by atoms with Crippen LogP contribution in [0.4, 0.5) is 0 Å². The lowest BCUT2D eigenvalue weighted by Gasteiger charge is -2.18. The third kappa shape index (κ3) is 1.67. The van der Waals surface area contributed by atoms with Crippen LogP contribution in [0.1, 0.15) is 6.42 Å². The van der Waals surface area contributed by atoms with Gasteiger partial charge < -0.3 is 5.11 Å². The van der Waals surface area contributed by atoms with Crippen LogP contribution in [-0.4, -0.2) is 22.5 Å². The van der Waals surface area contributed by atoms with Crippen molar-refractivity contribution in [1.29, 1.82) is 0 Å². The number of aliphatic carboxylic acids is 1. The number of carboxylic acids is 1. The summed E-state index contributed by atoms with van der Waals surface area (Å²) in [5.41, 5.74) is 0.961. The van der Waals surface area contributed by atoms with Gasteiger partial charge in [0.1, 0.15) is 0 Å². The van der Waals surface area contributed by atoms with Crippen molar-refractivity contribution in [3.8, 4) is 0 Å². The fraction of sp³-hybridized carbons (Fsp3) is 0.333. The molecule has 0 aromatic carbocycles. The smallest absolute Gasteiger partial charge is 0.307 e. The predicted octanol–water partition coefficient (Wildman–Crippen LogP) is 1.67. The number of fused-ring (bicyclic) bond motifs is 1. The molecule has 68 valence electrons. The number of allylic oxidation sites excluding steroid dienone is 3. The standard InChI is InChI=1S/C9H9NO2S/c11-8(12)4-6-2-1-3-7-5-10-13-9(6)7/h1-3,5,7,9H,4H2,(H,11,12). The highest BCUT2D eigenvalue weighted by Gasteiger charge is 2.29. The maximum atomic E-state index is 10.5. The normalized spacial score (nSPS) is 30.0. The molecule has 2 rings (SSSR count). The minimum atomic E-state index is -0.771. The van der Waals surface area contributed by atoms with Gasteiger partial charge in [0, 0.05) is 12.1 Å². The van der Waals surface area contributed by atoms with Crippen molar-refractivity contribution in [2.45, 2.75) is 11.7 Å². The van der Waals surface area contributed by atoms with Gasteiger partial charge in [0.25, 0.3) is 0 Å². The van der Waals surface area contributed by atoms with Crippen molar-refractivity contribution in [3.05, 3.63) is 23.8 Å². The molecule has 0 saturated heterocycles. The number of rotatable bonds is 2. The van der Waals surface area contributed by atoms with Crippen LogP contribution in [0.2, 0.25) is 0 Å². The van der Waals surface area contributed by atoms with E-state index in [1.165, 1.54) is 11.9 Å². The second-order valence-corrected chi connectivity index (χ2v) is 3.98. The van der Waals surface area contributed by atoms with E-state index in [-0.39, 0.29) is 11.7 Å². The first kappa shape index (κ1) is 8.56. The lowest BCUT2D eigenvalue weighted by atomic mass is 9.93. The molecule has 2 unspecified atom stereocenters. The third-order valence-electron chi connectivity index (χ3n) is 2.12. The Bertz CT molecular complexity index is 320. The first-order chi connectivity index (χ1) is 6.27. The van der Waals surface area contributed by atoms with E-state index in [0.29, 0.717) is 5.92 Å². The molecule has 0 aromatic heterocycles. The highest BCUT2D eigenvalue weighted by molar-refractivity contribution is 7.99. The Morgan fingerprint density at radius 3 is 3.31 bits per heavy atom. The summed E-state index contributed by atoms with van der Waals surface area (Å²) >= 11 is 1.46. The second kappa shape index (κ2) is 3.38. The Hall–Kier alpha value is -1.03. The molecule has 13 heavy (non-hydrogen) atoms. The topological polar surface area (TPSA) is 49.7 Å². The monoisotopic (exact) mass is 195 g/mol. The molecular formula is C9H9NO2S. The quantitative estimate of drug-likeness (QED) is 0.682. The molecule has 1 N–H and O–H groups in total. The molecule has 1 aliphatic carbocycles. The Morgan fingerprint density at radius 2 is 2.54 bits per heavy atom. The van der Waals surface area contributed by atoms with Gasteiger partial charge in [-0.1, -0.05) is 18.2 Å². The predicted molar refractivity (Wildman–Crippen MR) is 52.8 cm³/mol. The van der Waals surface area contributed by atoms with E-state index in [1.54, 1.807) is 0 Å². The molecule has 0 radical (unpaired) electrons. The summed E-state index contributed by atoms with van der Waals surface area (Å²) in [6.07, 6.45) is 7.86. The van der Waals surface area contributed by atoms with Crippen LogP contribution in [0.5, 0.6) is 0 Å². The fourth-order valence-corrected chi connectivity index (χ4v) is 2.46. The van der Waals surface area contributed by atoms with Gasteiger partial charge in [-0.05, 0) is 17.5 Å². The molecule has 0 fully saturated rings. The maximum absolute atomic E-state index is 10.5. The summed E-state index contributed by atoms with van der Waals surface area (Å²) in [5.74, 6) is -0.475. The molecular weight excluding hydrogens is 186 g/mol. The van der Waals surface area contributed by atoms with Crippen LogP contribution in [0.15, 0.2) is 28.2 Å². The van der Waals surface area contributed by atoms with Gasteiger partial charge in [0.2, 0.25) is 0 Å². The van der Waals surface area contributed by atoms with E-state index in [1.807, 2.05) is 18.4 Å². The van der Waals surface area contributed by atoms with Crippen molar-refractivity contribution in [2.75, 3.05) is 0 Å². The van der Waals surface area contributed by atoms with Crippen molar-refractivity contribution < 1.29 is 9.90 Å². The minimum absolute atomic E-state index is 0.127. The van der Waals surface area contributed by atoms with Gasteiger partial charge in [-0.25, -0.2) is 4.40 Å². The zero-order valence-corrected chi connectivity index (χ0v) is 7.70. The van der Waals surface area contributed by atoms with E-state index in [9.17, 15) is 4.79 Å². The minimum Gasteiger partial charge on any atom is -0.481 e. The number of hydrogen-bond acceptors (Lipinski definition) is 3. The highest BCUT2D eigenvalue weighted by Crippen LogP contribution is 2.36. The van der Waals surface area contributed by atoms with Gasteiger partial charge in [0.15, 0.2) is 0 Å². The van der Waals surface area contributed by atoms with Crippen LogP contribution in [0, 0.1) is 5.92 Å². The van der Waals surface area contributed by atoms with Gasteiger partial charge in [-0.15, -0.1) is 0 Å². The largest absolute Gasteiger partial charge is 0.481 e. The summed E-state index contributed by atoms with van der Waals surface area (Å²) < 4.78 is 4.09. The lowest BCUT2D eigenvalue weighted by molar-refractivity contribution is -0.136. The second-order valence-electron chi connectivity index (χ2n) is 3.05. The molecule has 0 amide bonds. The number of carbonyl (C=O) groups is 1. The van der Waals surface area contributed by atoms with Gasteiger partial charge in [-0.2, -0.15) is 0 Å². The van der Waals surface area contributed by atoms with Crippen molar-refractivity contribution in [1.82, 2.24) is 0 Å². The van der Waals surface area contributed by atoms with E-state index in [2.05, 4.69) is 10.5 Å². The Kier molecular flexibility index (Phi) is 2.22. The van der Waals surface area contributed by atoms with Crippen molar-refractivity contribution in [2.24, 2.45) is 10.3 Å². The molecule has 1 heterocycles. The van der Waals surface area contributed by atoms with Gasteiger partial charge >= 0.3 is 5.97 Å². The average Bonchev–Trinajstić information content (AvgIpc) is 2.51. The average molecular weight is 195 g/mol. The summed E-state index contributed by atoms with van der Waals surface area (Å²) in [4.78, 5) is 10.5. The summed E-state index contributed by atoms with van der Waals surface area (Å²) in [6, 6.07) is 0. The van der Waals surface area contributed by atoms with Crippen LogP contribution in [0.3, 0.4) is 0 Å². The van der Waals surface area contributed by atoms with Gasteiger partial charge in [0.05, 0.1) is 11.7 Å². The van der Waals surface area contributed by atoms with Crippen molar-refractivity contribution in [3.63, 3.8) is 0 Å². The van der Waals surface area contributed by atoms with Crippen LogP contribution >= 0.6 is 11.9 Å². The Labute approximate surface area is 80.4 Å². The Balaban J connectivity index is 2.14. The van der Waals surface area contributed by atoms with E-state index in [0.717, 1.165) is 5.57 Å². The number of hydrogen-bond donors (Lipinski definition) is 1. The lowest BCUT2D eigenvalue weighted by Crippen LogP contribution is -2.19. The summed E-state index contributed by atoms with van der Waals surface area (Å²) in [5, 5.41) is 8.89. The van der Waals surface area contributed by atoms with E-state index >= 15 is 0 Å². The summed E-state index contributed by atoms with van der Waals surface area (Å²) in [6.45, 7) is 0. The van der Waals surface area contributed by atoms with E-state index < -0.39 is 5.97 Å². The van der Waals surface area contributed by atoms with Crippen molar-refractivity contribution >= 4 is 24.1 Å². The van der Waals surface area contributed by atoms with Crippen LogP contribution in [0.25, 0.3) is 0 Å².